The molecule has 1 aromatic carbocycles. The fourth-order valence-corrected chi connectivity index (χ4v) is 4.42. The molecule has 6 nitrogen and oxygen atoms in total. The second kappa shape index (κ2) is 8.63. The molecule has 1 N–H and O–H groups in total. The Labute approximate surface area is 164 Å². The molecule has 2 heterocycles. The Morgan fingerprint density at radius 1 is 1.22 bits per heavy atom. The van der Waals surface area contributed by atoms with Gasteiger partial charge in [-0.2, -0.15) is 0 Å². The van der Waals surface area contributed by atoms with E-state index in [4.69, 9.17) is 14.2 Å². The third-order valence-corrected chi connectivity index (χ3v) is 5.96. The third-order valence-electron chi connectivity index (χ3n) is 4.96. The summed E-state index contributed by atoms with van der Waals surface area (Å²) in [6.07, 6.45) is 1.01. The van der Waals surface area contributed by atoms with Crippen molar-refractivity contribution in [3.8, 4) is 17.2 Å². The van der Waals surface area contributed by atoms with Crippen LogP contribution in [-0.2, 0) is 17.8 Å². The number of fused-ring (bicyclic) bond motifs is 1. The summed E-state index contributed by atoms with van der Waals surface area (Å²) in [5.74, 6) is 1.71. The maximum atomic E-state index is 12.5. The molecule has 0 fully saturated rings. The molecule has 1 aromatic heterocycles. The van der Waals surface area contributed by atoms with E-state index in [0.717, 1.165) is 18.5 Å². The van der Waals surface area contributed by atoms with Crippen molar-refractivity contribution in [3.05, 3.63) is 39.6 Å². The molecule has 0 spiro atoms. The van der Waals surface area contributed by atoms with Crippen molar-refractivity contribution in [2.24, 2.45) is 0 Å². The average Bonchev–Trinajstić information content (AvgIpc) is 3.17. The largest absolute Gasteiger partial charge is 0.493 e. The smallest absolute Gasteiger partial charge is 0.234 e. The van der Waals surface area contributed by atoms with Gasteiger partial charge in [0.05, 0.1) is 27.9 Å². The quantitative estimate of drug-likeness (QED) is 0.788. The number of nitrogens with zero attached hydrogens (tertiary/aromatic N) is 1. The van der Waals surface area contributed by atoms with Crippen LogP contribution < -0.4 is 19.5 Å². The third kappa shape index (κ3) is 4.20. The minimum absolute atomic E-state index is 0.00859. The average molecular weight is 391 g/mol. The monoisotopic (exact) mass is 390 g/mol. The van der Waals surface area contributed by atoms with Gasteiger partial charge in [-0.05, 0) is 48.1 Å². The Hall–Kier alpha value is -2.25. The summed E-state index contributed by atoms with van der Waals surface area (Å²) in [5, 5.41) is 5.13. The Balaban J connectivity index is 1.61. The minimum Gasteiger partial charge on any atom is -0.493 e. The fourth-order valence-electron chi connectivity index (χ4n) is 3.46. The van der Waals surface area contributed by atoms with E-state index in [1.165, 1.54) is 10.4 Å². The number of hydrogen-bond donors (Lipinski definition) is 1. The van der Waals surface area contributed by atoms with Gasteiger partial charge in [0.1, 0.15) is 0 Å². The Kier molecular flexibility index (Phi) is 6.23. The molecule has 3 rings (SSSR count). The van der Waals surface area contributed by atoms with Crippen LogP contribution in [0.15, 0.2) is 23.6 Å². The number of thiophene rings is 1. The number of carbonyl (C=O) groups is 1. The van der Waals surface area contributed by atoms with Crippen LogP contribution in [0.3, 0.4) is 0 Å². The van der Waals surface area contributed by atoms with Gasteiger partial charge in [-0.25, -0.2) is 0 Å². The topological polar surface area (TPSA) is 60.0 Å². The first kappa shape index (κ1) is 19.5. The molecule has 1 aliphatic heterocycles. The second-order valence-corrected chi connectivity index (χ2v) is 7.51. The number of amides is 1. The number of hydrogen-bond acceptors (Lipinski definition) is 6. The van der Waals surface area contributed by atoms with E-state index in [1.807, 2.05) is 12.1 Å². The zero-order valence-corrected chi connectivity index (χ0v) is 17.0. The normalized spacial score (nSPS) is 16.5. The summed E-state index contributed by atoms with van der Waals surface area (Å²) in [7, 11) is 4.73. The van der Waals surface area contributed by atoms with E-state index in [9.17, 15) is 4.79 Å². The summed E-state index contributed by atoms with van der Waals surface area (Å²) < 4.78 is 16.1. The van der Waals surface area contributed by atoms with Crippen LogP contribution in [0.5, 0.6) is 17.2 Å². The van der Waals surface area contributed by atoms with Gasteiger partial charge in [0.25, 0.3) is 0 Å². The first-order valence-corrected chi connectivity index (χ1v) is 9.81. The van der Waals surface area contributed by atoms with Crippen molar-refractivity contribution in [2.75, 3.05) is 34.4 Å². The van der Waals surface area contributed by atoms with Gasteiger partial charge >= 0.3 is 0 Å². The van der Waals surface area contributed by atoms with Crippen LogP contribution in [0.25, 0.3) is 0 Å². The highest BCUT2D eigenvalue weighted by Crippen LogP contribution is 2.38. The van der Waals surface area contributed by atoms with E-state index >= 15 is 0 Å². The Bertz CT molecular complexity index is 780. The minimum atomic E-state index is 0.00859. The lowest BCUT2D eigenvalue weighted by atomic mass is 10.0. The maximum Gasteiger partial charge on any atom is 0.234 e. The number of benzene rings is 1. The summed E-state index contributed by atoms with van der Waals surface area (Å²) in [6.45, 7) is 3.87. The van der Waals surface area contributed by atoms with Gasteiger partial charge in [0.15, 0.2) is 11.5 Å². The SMILES string of the molecule is COc1cc(CNC(=O)CN2CCc3sccc3[C@H]2C)cc(OC)c1OC. The summed E-state index contributed by atoms with van der Waals surface area (Å²) in [4.78, 5) is 16.1. The molecular weight excluding hydrogens is 364 g/mol. The molecule has 7 heteroatoms. The predicted octanol–water partition coefficient (Wildman–Crippen LogP) is 3.01. The maximum absolute atomic E-state index is 12.5. The second-order valence-electron chi connectivity index (χ2n) is 6.51. The van der Waals surface area contributed by atoms with Crippen molar-refractivity contribution in [2.45, 2.75) is 25.9 Å². The van der Waals surface area contributed by atoms with Gasteiger partial charge in [-0.3, -0.25) is 9.69 Å². The standard InChI is InChI=1S/C20H26N2O4S/c1-13-15-6-8-27-18(15)5-7-22(13)12-19(23)21-11-14-9-16(24-2)20(26-4)17(10-14)25-3/h6,8-10,13H,5,7,11-12H2,1-4H3,(H,21,23)/t13-/m1/s1. The summed E-state index contributed by atoms with van der Waals surface area (Å²) >= 11 is 1.81. The van der Waals surface area contributed by atoms with Crippen molar-refractivity contribution in [1.82, 2.24) is 10.2 Å². The van der Waals surface area contributed by atoms with Gasteiger partial charge in [0.2, 0.25) is 11.7 Å². The molecule has 1 atom stereocenters. The molecule has 1 amide bonds. The number of methoxy groups -OCH3 is 3. The molecule has 0 saturated carbocycles. The molecule has 146 valence electrons. The highest BCUT2D eigenvalue weighted by Gasteiger charge is 2.26. The summed E-state index contributed by atoms with van der Waals surface area (Å²) in [5.41, 5.74) is 2.24. The number of rotatable bonds is 7. The van der Waals surface area contributed by atoms with Gasteiger partial charge in [-0.15, -0.1) is 11.3 Å². The lowest BCUT2D eigenvalue weighted by Crippen LogP contribution is -2.41. The van der Waals surface area contributed by atoms with Crippen molar-refractivity contribution in [1.29, 1.82) is 0 Å². The van der Waals surface area contributed by atoms with Gasteiger partial charge in [0, 0.05) is 24.0 Å². The van der Waals surface area contributed by atoms with Crippen LogP contribution in [0.1, 0.15) is 29.0 Å². The van der Waals surface area contributed by atoms with E-state index in [1.54, 1.807) is 32.7 Å². The molecule has 0 saturated heterocycles. The zero-order valence-electron chi connectivity index (χ0n) is 16.2. The lowest BCUT2D eigenvalue weighted by Gasteiger charge is -2.32. The molecule has 27 heavy (non-hydrogen) atoms. The first-order valence-electron chi connectivity index (χ1n) is 8.93. The van der Waals surface area contributed by atoms with E-state index in [2.05, 4.69) is 28.6 Å². The van der Waals surface area contributed by atoms with Crippen LogP contribution in [0, 0.1) is 0 Å². The van der Waals surface area contributed by atoms with Crippen LogP contribution in [0.2, 0.25) is 0 Å². The zero-order chi connectivity index (χ0) is 19.4. The van der Waals surface area contributed by atoms with Gasteiger partial charge in [-0.1, -0.05) is 0 Å². The number of nitrogens with one attached hydrogen (secondary N) is 1. The Morgan fingerprint density at radius 3 is 2.56 bits per heavy atom. The van der Waals surface area contributed by atoms with E-state index in [0.29, 0.717) is 30.3 Å². The number of carbonyl (C=O) groups excluding carboxylic acids is 1. The highest BCUT2D eigenvalue weighted by atomic mass is 32.1. The van der Waals surface area contributed by atoms with Crippen LogP contribution in [-0.4, -0.2) is 45.2 Å². The molecular formula is C20H26N2O4S. The van der Waals surface area contributed by atoms with Crippen LogP contribution in [0.4, 0.5) is 0 Å². The molecule has 0 radical (unpaired) electrons. The molecule has 1 aliphatic rings. The molecule has 0 bridgehead atoms. The fraction of sp³-hybridized carbons (Fsp3) is 0.450. The van der Waals surface area contributed by atoms with E-state index in [-0.39, 0.29) is 11.9 Å². The lowest BCUT2D eigenvalue weighted by molar-refractivity contribution is -0.123. The Morgan fingerprint density at radius 2 is 1.93 bits per heavy atom. The van der Waals surface area contributed by atoms with Gasteiger partial charge < -0.3 is 19.5 Å². The number of ether oxygens (including phenoxy) is 3. The highest BCUT2D eigenvalue weighted by molar-refractivity contribution is 7.10. The summed E-state index contributed by atoms with van der Waals surface area (Å²) in [6, 6.07) is 6.14. The predicted molar refractivity (Wildman–Crippen MR) is 106 cm³/mol. The molecule has 2 aromatic rings. The first-order chi connectivity index (χ1) is 13.1. The molecule has 0 aliphatic carbocycles. The van der Waals surface area contributed by atoms with Crippen molar-refractivity contribution in [3.63, 3.8) is 0 Å². The van der Waals surface area contributed by atoms with Crippen molar-refractivity contribution < 1.29 is 19.0 Å². The van der Waals surface area contributed by atoms with Crippen LogP contribution >= 0.6 is 11.3 Å². The molecule has 0 unspecified atom stereocenters. The van der Waals surface area contributed by atoms with E-state index < -0.39 is 0 Å². The van der Waals surface area contributed by atoms with Crippen molar-refractivity contribution >= 4 is 17.2 Å².